The van der Waals surface area contributed by atoms with Gasteiger partial charge in [0.1, 0.15) is 19.3 Å². The summed E-state index contributed by atoms with van der Waals surface area (Å²) in [6, 6.07) is -0.856. The van der Waals surface area contributed by atoms with Gasteiger partial charge in [-0.15, -0.1) is 0 Å². The number of rotatable bonds is 58. The molecule has 0 fully saturated rings. The van der Waals surface area contributed by atoms with Crippen molar-refractivity contribution in [2.45, 2.75) is 309 Å². The number of amides is 1. The van der Waals surface area contributed by atoms with Gasteiger partial charge in [-0.25, -0.2) is 4.57 Å². The number of carbonyl (C=O) groups is 2. The molecule has 3 unspecified atom stereocenters. The summed E-state index contributed by atoms with van der Waals surface area (Å²) < 4.78 is 30.7. The third-order valence-corrected chi connectivity index (χ3v) is 15.2. The number of phosphoric acid groups is 1. The molecule has 0 aromatic carbocycles. The van der Waals surface area contributed by atoms with E-state index in [-0.39, 0.29) is 31.5 Å². The summed E-state index contributed by atoms with van der Waals surface area (Å²) in [6.07, 6.45) is 70.8. The molecule has 0 saturated heterocycles. The Morgan fingerprint density at radius 3 is 1.25 bits per heavy atom. The third-order valence-electron chi connectivity index (χ3n) is 14.2. The van der Waals surface area contributed by atoms with E-state index < -0.39 is 20.0 Å². The van der Waals surface area contributed by atoms with Crippen LogP contribution in [0.3, 0.4) is 0 Å². The topological polar surface area (TPSA) is 111 Å². The van der Waals surface area contributed by atoms with Crippen LogP contribution in [0.5, 0.6) is 0 Å². The molecular weight excluding hydrogens is 964 g/mol. The molecule has 9 nitrogen and oxygen atoms in total. The fourth-order valence-electron chi connectivity index (χ4n) is 9.18. The summed E-state index contributed by atoms with van der Waals surface area (Å²) in [5, 5.41) is 3.05. The summed E-state index contributed by atoms with van der Waals surface area (Å²) >= 11 is 0. The second-order valence-corrected chi connectivity index (χ2v) is 24.4. The molecule has 10 heteroatoms. The van der Waals surface area contributed by atoms with Crippen LogP contribution >= 0.6 is 7.82 Å². The number of carbonyl (C=O) groups excluding carboxylic acids is 2. The number of hydrogen-bond donors (Lipinski definition) is 2. The zero-order chi connectivity index (χ0) is 55.7. The minimum Gasteiger partial charge on any atom is -0.456 e. The van der Waals surface area contributed by atoms with Gasteiger partial charge in [0, 0.05) is 12.8 Å². The zero-order valence-electron chi connectivity index (χ0n) is 50.7. The molecule has 0 radical (unpaired) electrons. The lowest BCUT2D eigenvalue weighted by atomic mass is 10.0. The van der Waals surface area contributed by atoms with E-state index in [1.165, 1.54) is 180 Å². The van der Waals surface area contributed by atoms with E-state index in [0.29, 0.717) is 17.4 Å². The van der Waals surface area contributed by atoms with Crippen molar-refractivity contribution in [3.63, 3.8) is 0 Å². The summed E-state index contributed by atoms with van der Waals surface area (Å²) in [5.41, 5.74) is 0. The second kappa shape index (κ2) is 56.0. The lowest BCUT2D eigenvalue weighted by molar-refractivity contribution is -0.870. The van der Waals surface area contributed by atoms with Crippen molar-refractivity contribution in [3.05, 3.63) is 60.8 Å². The average Bonchev–Trinajstić information content (AvgIpc) is 3.38. The highest BCUT2D eigenvalue weighted by Gasteiger charge is 2.30. The molecule has 0 aromatic rings. The molecule has 2 N–H and O–H groups in total. The minimum atomic E-state index is -4.45. The van der Waals surface area contributed by atoms with E-state index in [9.17, 15) is 19.0 Å². The first-order valence-electron chi connectivity index (χ1n) is 32.1. The van der Waals surface area contributed by atoms with Gasteiger partial charge >= 0.3 is 13.8 Å². The van der Waals surface area contributed by atoms with Crippen LogP contribution in [0.2, 0.25) is 0 Å². The first kappa shape index (κ1) is 73.7. The standard InChI is InChI=1S/C66H123N2O7P/c1-7-10-13-16-19-22-25-28-29-30-31-32-33-34-35-36-37-38-39-41-44-47-50-53-56-59-66(70)75-64(57-54-51-48-45-42-27-24-21-18-15-12-9-3)63(62-74-76(71,72)73-61-60-68(4,5)6)67-65(69)58-55-52-49-46-43-40-26-23-20-17-14-11-8-2/h19,22,28-29,31-32,40,43,54,57,63-64H,7-18,20-21,23-27,30,33-39,41-42,44-53,55-56,58-62H2,1-6H3,(H-,67,69,71,72)/p+1/b22-19-,29-28-,32-31-,43-40-,57-54-. The van der Waals surface area contributed by atoms with Crippen LogP contribution in [-0.2, 0) is 27.9 Å². The lowest BCUT2D eigenvalue weighted by Gasteiger charge is -2.27. The Bertz CT molecular complexity index is 1490. The summed E-state index contributed by atoms with van der Waals surface area (Å²) in [4.78, 5) is 37.7. The Morgan fingerprint density at radius 2 is 0.803 bits per heavy atom. The Balaban J connectivity index is 5.11. The van der Waals surface area contributed by atoms with Crippen LogP contribution in [0, 0.1) is 0 Å². The van der Waals surface area contributed by atoms with E-state index in [2.05, 4.69) is 74.7 Å². The largest absolute Gasteiger partial charge is 0.472 e. The smallest absolute Gasteiger partial charge is 0.456 e. The van der Waals surface area contributed by atoms with Gasteiger partial charge in [0.05, 0.1) is 33.8 Å². The number of esters is 1. The van der Waals surface area contributed by atoms with Crippen LogP contribution in [-0.4, -0.2) is 74.3 Å². The number of unbranched alkanes of at least 4 members (excludes halogenated alkanes) is 34. The van der Waals surface area contributed by atoms with Gasteiger partial charge in [0.25, 0.3) is 0 Å². The van der Waals surface area contributed by atoms with Gasteiger partial charge in [0.15, 0.2) is 0 Å². The first-order chi connectivity index (χ1) is 36.9. The average molecular weight is 1090 g/mol. The van der Waals surface area contributed by atoms with E-state index in [1.807, 2.05) is 33.3 Å². The molecule has 0 bridgehead atoms. The Kier molecular flexibility index (Phi) is 54.3. The van der Waals surface area contributed by atoms with Crippen LogP contribution in [0.25, 0.3) is 0 Å². The predicted molar refractivity (Wildman–Crippen MR) is 328 cm³/mol. The zero-order valence-corrected chi connectivity index (χ0v) is 51.6. The third kappa shape index (κ3) is 56.4. The predicted octanol–water partition coefficient (Wildman–Crippen LogP) is 19.8. The van der Waals surface area contributed by atoms with Gasteiger partial charge < -0.3 is 19.4 Å². The lowest BCUT2D eigenvalue weighted by Crippen LogP contribution is -2.47. The Hall–Kier alpha value is -2.29. The van der Waals surface area contributed by atoms with Crippen molar-refractivity contribution < 1.29 is 37.3 Å². The fourth-order valence-corrected chi connectivity index (χ4v) is 9.91. The van der Waals surface area contributed by atoms with Crippen LogP contribution in [0.15, 0.2) is 60.8 Å². The summed E-state index contributed by atoms with van der Waals surface area (Å²) in [7, 11) is 1.49. The van der Waals surface area contributed by atoms with Crippen molar-refractivity contribution in [2.75, 3.05) is 40.9 Å². The molecule has 0 heterocycles. The number of likely N-dealkylation sites (N-methyl/N-ethyl adjacent to an activating group) is 1. The fraction of sp³-hybridized carbons (Fsp3) is 0.818. The van der Waals surface area contributed by atoms with Crippen molar-refractivity contribution in [3.8, 4) is 0 Å². The molecule has 444 valence electrons. The summed E-state index contributed by atoms with van der Waals surface area (Å²) in [6.45, 7) is 6.98. The monoisotopic (exact) mass is 1090 g/mol. The van der Waals surface area contributed by atoms with E-state index in [4.69, 9.17) is 13.8 Å². The highest BCUT2D eigenvalue weighted by molar-refractivity contribution is 7.47. The van der Waals surface area contributed by atoms with Crippen molar-refractivity contribution in [2.24, 2.45) is 0 Å². The maximum Gasteiger partial charge on any atom is 0.472 e. The van der Waals surface area contributed by atoms with Crippen molar-refractivity contribution in [1.82, 2.24) is 5.32 Å². The Labute approximate surface area is 471 Å². The maximum atomic E-state index is 13.5. The minimum absolute atomic E-state index is 0.0369. The molecule has 76 heavy (non-hydrogen) atoms. The van der Waals surface area contributed by atoms with E-state index >= 15 is 0 Å². The molecule has 0 aromatic heterocycles. The molecule has 0 aliphatic heterocycles. The van der Waals surface area contributed by atoms with Gasteiger partial charge in [-0.2, -0.15) is 0 Å². The molecule has 0 aliphatic carbocycles. The molecule has 1 amide bonds. The van der Waals surface area contributed by atoms with Gasteiger partial charge in [-0.1, -0.05) is 249 Å². The number of phosphoric ester groups is 1. The van der Waals surface area contributed by atoms with Crippen LogP contribution < -0.4 is 5.32 Å². The molecule has 0 aliphatic rings. The normalized spacial score (nSPS) is 14.0. The molecule has 0 rings (SSSR count). The number of allylic oxidation sites excluding steroid dienone is 9. The molecule has 0 spiro atoms. The van der Waals surface area contributed by atoms with Gasteiger partial charge in [0.2, 0.25) is 5.91 Å². The van der Waals surface area contributed by atoms with Crippen molar-refractivity contribution >= 4 is 19.7 Å². The second-order valence-electron chi connectivity index (χ2n) is 22.9. The maximum absolute atomic E-state index is 13.5. The van der Waals surface area contributed by atoms with Crippen LogP contribution in [0.1, 0.15) is 297 Å². The van der Waals surface area contributed by atoms with E-state index in [1.54, 1.807) is 0 Å². The van der Waals surface area contributed by atoms with Crippen molar-refractivity contribution in [1.29, 1.82) is 0 Å². The van der Waals surface area contributed by atoms with Crippen LogP contribution in [0.4, 0.5) is 0 Å². The highest BCUT2D eigenvalue weighted by atomic mass is 31.2. The quantitative estimate of drug-likeness (QED) is 0.0205. The number of nitrogens with zero attached hydrogens (tertiary/aromatic N) is 1. The number of nitrogens with one attached hydrogen (secondary N) is 1. The van der Waals surface area contributed by atoms with E-state index in [0.717, 1.165) is 83.5 Å². The number of ether oxygens (including phenoxy) is 1. The molecular formula is C66H124N2O7P+. The Morgan fingerprint density at radius 1 is 0.461 bits per heavy atom. The molecule has 0 saturated carbocycles. The summed E-state index contributed by atoms with van der Waals surface area (Å²) in [5.74, 6) is -0.520. The number of quaternary nitrogens is 1. The SMILES string of the molecule is CCCCC/C=C\C/C=C\C/C=C\CCCCCCCCCCCCCCC(=O)OC(/C=C\CCCCCCCCCCCC)C(COP(=O)(O)OCC[N+](C)(C)C)NC(=O)CCCCC/C=C\CCCCCCCC. The van der Waals surface area contributed by atoms with Gasteiger partial charge in [-0.3, -0.25) is 18.6 Å². The molecule has 3 atom stereocenters. The highest BCUT2D eigenvalue weighted by Crippen LogP contribution is 2.43. The van der Waals surface area contributed by atoms with Gasteiger partial charge in [-0.05, 0) is 96.0 Å². The first-order valence-corrected chi connectivity index (χ1v) is 33.6. The number of hydrogen-bond acceptors (Lipinski definition) is 6.